The van der Waals surface area contributed by atoms with Gasteiger partial charge >= 0.3 is 0 Å². The molecule has 0 amide bonds. The van der Waals surface area contributed by atoms with Crippen LogP contribution in [0.25, 0.3) is 0 Å². The Morgan fingerprint density at radius 3 is 1.62 bits per heavy atom. The Labute approximate surface area is 102 Å². The van der Waals surface area contributed by atoms with E-state index in [1.807, 2.05) is 0 Å². The van der Waals surface area contributed by atoms with Crippen molar-refractivity contribution in [1.29, 1.82) is 0 Å². The number of hydrogen-bond acceptors (Lipinski definition) is 2. The van der Waals surface area contributed by atoms with Gasteiger partial charge < -0.3 is 9.47 Å². The molecule has 0 aliphatic heterocycles. The molecule has 2 heteroatoms. The molecule has 0 aromatic heterocycles. The molecule has 2 nitrogen and oxygen atoms in total. The van der Waals surface area contributed by atoms with Crippen molar-refractivity contribution in [2.24, 2.45) is 0 Å². The predicted molar refractivity (Wildman–Crippen MR) is 69.9 cm³/mol. The molecular weight excluding hydrogens is 200 g/mol. The first-order valence-electron chi connectivity index (χ1n) is 6.25. The molecule has 0 N–H and O–H groups in total. The van der Waals surface area contributed by atoms with Crippen molar-refractivity contribution < 1.29 is 9.47 Å². The Balaban J connectivity index is 3.83. The zero-order valence-corrected chi connectivity index (χ0v) is 12.4. The molecule has 0 aromatic carbocycles. The van der Waals surface area contributed by atoms with Gasteiger partial charge in [-0.15, -0.1) is 0 Å². The van der Waals surface area contributed by atoms with Gasteiger partial charge in [-0.2, -0.15) is 0 Å². The first-order chi connectivity index (χ1) is 6.91. The summed E-state index contributed by atoms with van der Waals surface area (Å²) < 4.78 is 11.7. The van der Waals surface area contributed by atoms with Crippen molar-refractivity contribution >= 4 is 0 Å². The monoisotopic (exact) mass is 230 g/mol. The lowest BCUT2D eigenvalue weighted by Gasteiger charge is -2.34. The summed E-state index contributed by atoms with van der Waals surface area (Å²) in [4.78, 5) is 0. The standard InChI is InChI=1S/C14H30O2/c1-12(2,3)15-11-9-10-14(7,8)16-13(4,5)6/h9-11H2,1-8H3. The second-order valence-electron chi connectivity index (χ2n) is 7.04. The summed E-state index contributed by atoms with van der Waals surface area (Å²) in [6.07, 6.45) is 2.07. The lowest BCUT2D eigenvalue weighted by molar-refractivity contribution is -0.120. The Hall–Kier alpha value is -0.0800. The third-order valence-electron chi connectivity index (χ3n) is 2.04. The van der Waals surface area contributed by atoms with Crippen LogP contribution in [0.5, 0.6) is 0 Å². The fourth-order valence-electron chi connectivity index (χ4n) is 1.76. The van der Waals surface area contributed by atoms with Crippen LogP contribution in [0.4, 0.5) is 0 Å². The van der Waals surface area contributed by atoms with Crippen LogP contribution in [0.15, 0.2) is 0 Å². The molecule has 0 aliphatic carbocycles. The van der Waals surface area contributed by atoms with Gasteiger partial charge in [0.25, 0.3) is 0 Å². The van der Waals surface area contributed by atoms with Crippen molar-refractivity contribution in [3.05, 3.63) is 0 Å². The summed E-state index contributed by atoms with van der Waals surface area (Å²) in [5.74, 6) is 0. The van der Waals surface area contributed by atoms with Crippen molar-refractivity contribution in [2.45, 2.75) is 85.0 Å². The Kier molecular flexibility index (Phi) is 5.48. The fourth-order valence-corrected chi connectivity index (χ4v) is 1.76. The zero-order valence-electron chi connectivity index (χ0n) is 12.4. The van der Waals surface area contributed by atoms with E-state index >= 15 is 0 Å². The molecule has 16 heavy (non-hydrogen) atoms. The second-order valence-corrected chi connectivity index (χ2v) is 7.04. The van der Waals surface area contributed by atoms with Crippen molar-refractivity contribution in [3.8, 4) is 0 Å². The van der Waals surface area contributed by atoms with Gasteiger partial charge in [0.2, 0.25) is 0 Å². The summed E-state index contributed by atoms with van der Waals surface area (Å²) in [5.41, 5.74) is -0.178. The molecule has 0 spiro atoms. The number of hydrogen-bond donors (Lipinski definition) is 0. The summed E-state index contributed by atoms with van der Waals surface area (Å²) in [6, 6.07) is 0. The van der Waals surface area contributed by atoms with Crippen molar-refractivity contribution in [2.75, 3.05) is 6.61 Å². The van der Waals surface area contributed by atoms with Gasteiger partial charge in [-0.1, -0.05) is 0 Å². The summed E-state index contributed by atoms with van der Waals surface area (Å²) >= 11 is 0. The van der Waals surface area contributed by atoms with Gasteiger partial charge in [-0.25, -0.2) is 0 Å². The molecule has 0 aliphatic rings. The fraction of sp³-hybridized carbons (Fsp3) is 1.00. The first-order valence-corrected chi connectivity index (χ1v) is 6.25. The highest BCUT2D eigenvalue weighted by Gasteiger charge is 2.25. The Morgan fingerprint density at radius 1 is 0.750 bits per heavy atom. The minimum absolute atomic E-state index is 0.0327. The molecule has 0 bridgehead atoms. The van der Waals surface area contributed by atoms with Gasteiger partial charge in [0, 0.05) is 6.61 Å². The molecule has 0 unspecified atom stereocenters. The zero-order chi connectivity index (χ0) is 13.0. The van der Waals surface area contributed by atoms with Crippen LogP contribution in [0.2, 0.25) is 0 Å². The summed E-state index contributed by atoms with van der Waals surface area (Å²) in [7, 11) is 0. The average Bonchev–Trinajstić information content (AvgIpc) is 1.91. The predicted octanol–water partition coefficient (Wildman–Crippen LogP) is 4.18. The molecular formula is C14H30O2. The van der Waals surface area contributed by atoms with Crippen LogP contribution in [0.3, 0.4) is 0 Å². The molecule has 0 aromatic rings. The van der Waals surface area contributed by atoms with Crippen molar-refractivity contribution in [3.63, 3.8) is 0 Å². The minimum Gasteiger partial charge on any atom is -0.376 e. The van der Waals surface area contributed by atoms with Crippen molar-refractivity contribution in [1.82, 2.24) is 0 Å². The maximum absolute atomic E-state index is 6.00. The topological polar surface area (TPSA) is 18.5 Å². The Morgan fingerprint density at radius 2 is 1.25 bits per heavy atom. The Bertz CT molecular complexity index is 194. The molecule has 98 valence electrons. The van der Waals surface area contributed by atoms with E-state index in [-0.39, 0.29) is 16.8 Å². The SMILES string of the molecule is CC(C)(C)OCCCC(C)(C)OC(C)(C)C. The number of ether oxygens (including phenoxy) is 2. The second kappa shape index (κ2) is 5.50. The lowest BCUT2D eigenvalue weighted by Crippen LogP contribution is -2.35. The third kappa shape index (κ3) is 10.4. The van der Waals surface area contributed by atoms with Gasteiger partial charge in [-0.3, -0.25) is 0 Å². The molecule has 0 atom stereocenters. The van der Waals surface area contributed by atoms with E-state index in [0.29, 0.717) is 0 Å². The highest BCUT2D eigenvalue weighted by molar-refractivity contribution is 4.74. The molecule has 0 saturated carbocycles. The largest absolute Gasteiger partial charge is 0.376 e. The van der Waals surface area contributed by atoms with E-state index in [4.69, 9.17) is 9.47 Å². The molecule has 0 radical (unpaired) electrons. The van der Waals surface area contributed by atoms with Gasteiger partial charge in [0.1, 0.15) is 0 Å². The van der Waals surface area contributed by atoms with Crippen LogP contribution < -0.4 is 0 Å². The van der Waals surface area contributed by atoms with Gasteiger partial charge in [0.15, 0.2) is 0 Å². The maximum Gasteiger partial charge on any atom is 0.0634 e. The molecule has 0 rings (SSSR count). The van der Waals surface area contributed by atoms with E-state index < -0.39 is 0 Å². The number of rotatable bonds is 5. The van der Waals surface area contributed by atoms with E-state index in [0.717, 1.165) is 19.4 Å². The van der Waals surface area contributed by atoms with E-state index in [1.54, 1.807) is 0 Å². The quantitative estimate of drug-likeness (QED) is 0.660. The van der Waals surface area contributed by atoms with Gasteiger partial charge in [0.05, 0.1) is 16.8 Å². The smallest absolute Gasteiger partial charge is 0.0634 e. The first kappa shape index (κ1) is 15.9. The maximum atomic E-state index is 6.00. The van der Waals surface area contributed by atoms with Gasteiger partial charge in [-0.05, 0) is 68.2 Å². The third-order valence-corrected chi connectivity index (χ3v) is 2.04. The molecule has 0 heterocycles. The van der Waals surface area contributed by atoms with Crippen LogP contribution in [-0.2, 0) is 9.47 Å². The van der Waals surface area contributed by atoms with E-state index in [9.17, 15) is 0 Å². The highest BCUT2D eigenvalue weighted by atomic mass is 16.5. The van der Waals surface area contributed by atoms with Crippen LogP contribution >= 0.6 is 0 Å². The molecule has 0 saturated heterocycles. The minimum atomic E-state index is -0.0750. The van der Waals surface area contributed by atoms with E-state index in [2.05, 4.69) is 55.4 Å². The normalized spacial score (nSPS) is 14.2. The highest BCUT2D eigenvalue weighted by Crippen LogP contribution is 2.24. The lowest BCUT2D eigenvalue weighted by atomic mass is 10.0. The van der Waals surface area contributed by atoms with E-state index in [1.165, 1.54) is 0 Å². The van der Waals surface area contributed by atoms with Crippen LogP contribution in [0.1, 0.15) is 68.2 Å². The van der Waals surface area contributed by atoms with Crippen LogP contribution in [-0.4, -0.2) is 23.4 Å². The summed E-state index contributed by atoms with van der Waals surface area (Å²) in [5, 5.41) is 0. The average molecular weight is 230 g/mol. The van der Waals surface area contributed by atoms with Crippen LogP contribution in [0, 0.1) is 0 Å². The summed E-state index contributed by atoms with van der Waals surface area (Å²) in [6.45, 7) is 17.7. The molecule has 0 fully saturated rings.